The van der Waals surface area contributed by atoms with Gasteiger partial charge in [0, 0.05) is 23.4 Å². The molecule has 1 fully saturated rings. The molecule has 2 N–H and O–H groups in total. The first-order valence-electron chi connectivity index (χ1n) is 11.5. The minimum atomic E-state index is -0.677. The summed E-state index contributed by atoms with van der Waals surface area (Å²) in [6, 6.07) is 9.70. The fourth-order valence-electron chi connectivity index (χ4n) is 3.95. The van der Waals surface area contributed by atoms with Gasteiger partial charge in [0.1, 0.15) is 23.2 Å². The summed E-state index contributed by atoms with van der Waals surface area (Å²) in [7, 11) is 0. The van der Waals surface area contributed by atoms with E-state index in [4.69, 9.17) is 9.51 Å². The Balaban J connectivity index is 1.19. The standard InChI is InChI=1S/C25H21FN8O2/c1-13(30-24(35)18-10-16(28-12-29-18)14-4-3-9-27-21(14)26)19-11-17(34-36-19)23-31-15-5-6-20(25(2)7-8-25)32-22(15)33-23/h3-6,9-13H,7-8H2,1-2H3,(H,30,35)(H,31,32,33)/t13-/m1/s1. The lowest BCUT2D eigenvalue weighted by atomic mass is 10.1. The molecule has 0 saturated heterocycles. The molecule has 1 aliphatic carbocycles. The fraction of sp³-hybridized carbons (Fsp3) is 0.240. The maximum absolute atomic E-state index is 14.0. The van der Waals surface area contributed by atoms with Gasteiger partial charge in [-0.3, -0.25) is 4.79 Å². The molecule has 36 heavy (non-hydrogen) atoms. The molecule has 10 nitrogen and oxygen atoms in total. The number of hydrogen-bond donors (Lipinski definition) is 2. The van der Waals surface area contributed by atoms with Crippen molar-refractivity contribution in [2.24, 2.45) is 0 Å². The molecule has 0 spiro atoms. The van der Waals surface area contributed by atoms with Crippen molar-refractivity contribution >= 4 is 17.1 Å². The van der Waals surface area contributed by atoms with Crippen LogP contribution in [-0.4, -0.2) is 41.0 Å². The van der Waals surface area contributed by atoms with E-state index in [-0.39, 0.29) is 22.4 Å². The van der Waals surface area contributed by atoms with Crippen LogP contribution in [0.5, 0.6) is 0 Å². The number of fused-ring (bicyclic) bond motifs is 1. The highest BCUT2D eigenvalue weighted by molar-refractivity contribution is 5.93. The number of rotatable bonds is 6. The van der Waals surface area contributed by atoms with E-state index in [0.717, 1.165) is 24.1 Å². The van der Waals surface area contributed by atoms with Gasteiger partial charge in [0.25, 0.3) is 5.91 Å². The zero-order valence-corrected chi connectivity index (χ0v) is 19.5. The van der Waals surface area contributed by atoms with E-state index in [2.05, 4.69) is 42.3 Å². The second-order valence-electron chi connectivity index (χ2n) is 9.15. The average molecular weight is 484 g/mol. The van der Waals surface area contributed by atoms with Crippen LogP contribution in [0.15, 0.2) is 53.4 Å². The van der Waals surface area contributed by atoms with Crippen molar-refractivity contribution < 1.29 is 13.7 Å². The Morgan fingerprint density at radius 3 is 2.81 bits per heavy atom. The number of aromatic nitrogens is 7. The quantitative estimate of drug-likeness (QED) is 0.343. The predicted octanol–water partition coefficient (Wildman–Crippen LogP) is 4.15. The van der Waals surface area contributed by atoms with Crippen molar-refractivity contribution in [1.29, 1.82) is 0 Å². The fourth-order valence-corrected chi connectivity index (χ4v) is 3.95. The lowest BCUT2D eigenvalue weighted by Crippen LogP contribution is -2.27. The van der Waals surface area contributed by atoms with E-state index in [1.165, 1.54) is 24.7 Å². The molecular formula is C25H21FN8O2. The van der Waals surface area contributed by atoms with Gasteiger partial charge in [-0.15, -0.1) is 0 Å². The van der Waals surface area contributed by atoms with E-state index in [9.17, 15) is 9.18 Å². The molecule has 1 saturated carbocycles. The number of carbonyl (C=O) groups is 1. The van der Waals surface area contributed by atoms with Gasteiger partial charge in [0.2, 0.25) is 5.95 Å². The summed E-state index contributed by atoms with van der Waals surface area (Å²) in [4.78, 5) is 37.0. The van der Waals surface area contributed by atoms with Crippen LogP contribution in [0.3, 0.4) is 0 Å². The number of nitrogens with one attached hydrogen (secondary N) is 2. The Morgan fingerprint density at radius 2 is 2.00 bits per heavy atom. The number of aromatic amines is 1. The van der Waals surface area contributed by atoms with Crippen LogP contribution in [0, 0.1) is 5.95 Å². The summed E-state index contributed by atoms with van der Waals surface area (Å²) in [5, 5.41) is 6.92. The zero-order chi connectivity index (χ0) is 24.9. The summed E-state index contributed by atoms with van der Waals surface area (Å²) in [5.74, 6) is -0.181. The average Bonchev–Trinajstić information content (AvgIpc) is 3.29. The van der Waals surface area contributed by atoms with Gasteiger partial charge in [-0.1, -0.05) is 12.1 Å². The summed E-state index contributed by atoms with van der Waals surface area (Å²) in [6.07, 6.45) is 4.83. The monoisotopic (exact) mass is 484 g/mol. The van der Waals surface area contributed by atoms with Gasteiger partial charge in [-0.05, 0) is 50.1 Å². The van der Waals surface area contributed by atoms with Gasteiger partial charge in [-0.25, -0.2) is 24.9 Å². The minimum absolute atomic E-state index is 0.0818. The van der Waals surface area contributed by atoms with Crippen LogP contribution < -0.4 is 5.32 Å². The molecule has 0 aromatic carbocycles. The molecule has 0 aliphatic heterocycles. The third-order valence-electron chi connectivity index (χ3n) is 6.44. The van der Waals surface area contributed by atoms with Crippen molar-refractivity contribution in [2.75, 3.05) is 0 Å². The number of H-pyrrole nitrogens is 1. The van der Waals surface area contributed by atoms with Crippen LogP contribution in [0.1, 0.15) is 54.7 Å². The normalized spacial score (nSPS) is 15.1. The summed E-state index contributed by atoms with van der Waals surface area (Å²) in [6.45, 7) is 3.96. The maximum Gasteiger partial charge on any atom is 0.270 e. The summed E-state index contributed by atoms with van der Waals surface area (Å²) < 4.78 is 19.5. The number of amides is 1. The van der Waals surface area contributed by atoms with E-state index in [1.807, 2.05) is 12.1 Å². The molecule has 1 amide bonds. The number of hydrogen-bond acceptors (Lipinski definition) is 8. The van der Waals surface area contributed by atoms with Crippen LogP contribution in [-0.2, 0) is 5.41 Å². The summed E-state index contributed by atoms with van der Waals surface area (Å²) in [5.41, 5.74) is 3.68. The van der Waals surface area contributed by atoms with Crippen molar-refractivity contribution in [1.82, 2.24) is 40.4 Å². The van der Waals surface area contributed by atoms with Gasteiger partial charge in [-0.2, -0.15) is 4.39 Å². The molecule has 1 aliphatic rings. The number of carbonyl (C=O) groups excluding carboxylic acids is 1. The molecule has 5 aromatic rings. The van der Waals surface area contributed by atoms with Crippen LogP contribution in [0.2, 0.25) is 0 Å². The van der Waals surface area contributed by atoms with Crippen LogP contribution >= 0.6 is 0 Å². The Kier molecular flexibility index (Phi) is 5.06. The second-order valence-corrected chi connectivity index (χ2v) is 9.15. The highest BCUT2D eigenvalue weighted by Gasteiger charge is 2.40. The minimum Gasteiger partial charge on any atom is -0.358 e. The van der Waals surface area contributed by atoms with Crippen molar-refractivity contribution in [3.63, 3.8) is 0 Å². The Morgan fingerprint density at radius 1 is 1.14 bits per heavy atom. The van der Waals surface area contributed by atoms with Gasteiger partial charge >= 0.3 is 0 Å². The van der Waals surface area contributed by atoms with Crippen molar-refractivity contribution in [2.45, 2.75) is 38.1 Å². The van der Waals surface area contributed by atoms with Crippen molar-refractivity contribution in [3.8, 4) is 22.8 Å². The van der Waals surface area contributed by atoms with E-state index in [1.54, 1.807) is 19.1 Å². The smallest absolute Gasteiger partial charge is 0.270 e. The Labute approximate surface area is 204 Å². The Hall–Kier alpha value is -4.54. The predicted molar refractivity (Wildman–Crippen MR) is 127 cm³/mol. The van der Waals surface area contributed by atoms with E-state index < -0.39 is 17.9 Å². The molecule has 6 rings (SSSR count). The lowest BCUT2D eigenvalue weighted by molar-refractivity contribution is 0.0928. The number of nitrogens with zero attached hydrogens (tertiary/aromatic N) is 6. The van der Waals surface area contributed by atoms with E-state index in [0.29, 0.717) is 22.9 Å². The van der Waals surface area contributed by atoms with Crippen molar-refractivity contribution in [3.05, 3.63) is 72.0 Å². The van der Waals surface area contributed by atoms with E-state index >= 15 is 0 Å². The summed E-state index contributed by atoms with van der Waals surface area (Å²) >= 11 is 0. The van der Waals surface area contributed by atoms with Gasteiger partial charge in [0.05, 0.1) is 17.3 Å². The first kappa shape index (κ1) is 22.0. The largest absolute Gasteiger partial charge is 0.358 e. The molecule has 5 heterocycles. The molecule has 5 aromatic heterocycles. The van der Waals surface area contributed by atoms with Crippen LogP contribution in [0.4, 0.5) is 4.39 Å². The topological polar surface area (TPSA) is 135 Å². The molecule has 11 heteroatoms. The molecule has 0 radical (unpaired) electrons. The highest BCUT2D eigenvalue weighted by Crippen LogP contribution is 2.46. The second kappa shape index (κ2) is 8.29. The molecular weight excluding hydrogens is 463 g/mol. The third-order valence-corrected chi connectivity index (χ3v) is 6.44. The maximum atomic E-state index is 14.0. The zero-order valence-electron chi connectivity index (χ0n) is 19.5. The lowest BCUT2D eigenvalue weighted by Gasteiger charge is -2.10. The van der Waals surface area contributed by atoms with Gasteiger partial charge in [0.15, 0.2) is 17.2 Å². The first-order valence-corrected chi connectivity index (χ1v) is 11.5. The van der Waals surface area contributed by atoms with Gasteiger partial charge < -0.3 is 14.8 Å². The first-order chi connectivity index (χ1) is 17.4. The molecule has 1 atom stereocenters. The number of pyridine rings is 2. The Bertz CT molecular complexity index is 1610. The highest BCUT2D eigenvalue weighted by atomic mass is 19.1. The van der Waals surface area contributed by atoms with Crippen LogP contribution in [0.25, 0.3) is 33.9 Å². The SMILES string of the molecule is C[C@@H](NC(=O)c1cc(-c2cccnc2F)ncn1)c1cc(-c2nc3ccc(C4(C)CC4)nc3[nH]2)no1. The third kappa shape index (κ3) is 3.98. The molecule has 180 valence electrons. The number of halogens is 1. The molecule has 0 unspecified atom stereocenters. The number of imidazole rings is 1. The molecule has 0 bridgehead atoms.